The summed E-state index contributed by atoms with van der Waals surface area (Å²) in [5, 5.41) is 10.5. The number of aromatic nitrogens is 2. The molecule has 2 aromatic rings. The number of rotatable bonds is 4. The minimum absolute atomic E-state index is 0.956. The summed E-state index contributed by atoms with van der Waals surface area (Å²) in [5.41, 5.74) is 3.26. The molecule has 0 saturated heterocycles. The third kappa shape index (κ3) is 2.51. The molecule has 16 heavy (non-hydrogen) atoms. The molecule has 84 valence electrons. The van der Waals surface area contributed by atoms with Gasteiger partial charge >= 0.3 is 0 Å². The molecule has 1 heterocycles. The largest absolute Gasteiger partial charge is 0.319 e. The predicted molar refractivity (Wildman–Crippen MR) is 69.4 cm³/mol. The van der Waals surface area contributed by atoms with Gasteiger partial charge in [0.15, 0.2) is 0 Å². The second-order valence-corrected chi connectivity index (χ2v) is 4.47. The van der Waals surface area contributed by atoms with Crippen molar-refractivity contribution in [3.8, 4) is 11.3 Å². The fourth-order valence-corrected chi connectivity index (χ4v) is 2.04. The second-order valence-electron chi connectivity index (χ2n) is 3.61. The van der Waals surface area contributed by atoms with E-state index in [1.165, 1.54) is 0 Å². The summed E-state index contributed by atoms with van der Waals surface area (Å²) in [6.45, 7) is 0.956. The lowest BCUT2D eigenvalue weighted by Gasteiger charge is -1.98. The van der Waals surface area contributed by atoms with Gasteiger partial charge < -0.3 is 5.32 Å². The number of aromatic amines is 1. The van der Waals surface area contributed by atoms with Crippen molar-refractivity contribution in [1.29, 1.82) is 0 Å². The minimum atomic E-state index is 0.956. The van der Waals surface area contributed by atoms with Gasteiger partial charge in [0.25, 0.3) is 0 Å². The number of benzene rings is 1. The third-order valence-electron chi connectivity index (χ3n) is 2.43. The highest BCUT2D eigenvalue weighted by Crippen LogP contribution is 2.26. The fraction of sp³-hybridized carbons (Fsp3) is 0.250. The third-order valence-corrected chi connectivity index (χ3v) is 3.12. The van der Waals surface area contributed by atoms with Crippen molar-refractivity contribution in [3.05, 3.63) is 40.5 Å². The van der Waals surface area contributed by atoms with Gasteiger partial charge in [0.2, 0.25) is 0 Å². The lowest BCUT2D eigenvalue weighted by molar-refractivity contribution is 0.772. The molecule has 0 radical (unpaired) electrons. The molecule has 2 rings (SSSR count). The molecular weight excluding hydrogens is 266 g/mol. The molecule has 0 amide bonds. The number of nitrogens with zero attached hydrogens (tertiary/aromatic N) is 1. The first kappa shape index (κ1) is 11.4. The van der Waals surface area contributed by atoms with Gasteiger partial charge in [0.1, 0.15) is 0 Å². The van der Waals surface area contributed by atoms with Crippen molar-refractivity contribution in [2.45, 2.75) is 6.42 Å². The maximum absolute atomic E-state index is 4.32. The van der Waals surface area contributed by atoms with E-state index >= 15 is 0 Å². The molecule has 0 atom stereocenters. The Morgan fingerprint density at radius 2 is 2.19 bits per heavy atom. The molecular formula is C12H14BrN3. The van der Waals surface area contributed by atoms with E-state index in [1.54, 1.807) is 0 Å². The van der Waals surface area contributed by atoms with Crippen molar-refractivity contribution in [2.24, 2.45) is 0 Å². The normalized spacial score (nSPS) is 10.6. The Hall–Kier alpha value is -1.13. The SMILES string of the molecule is CNCCc1cc(-c2ccccc2Br)n[nH]1. The van der Waals surface area contributed by atoms with Crippen LogP contribution in [0.15, 0.2) is 34.8 Å². The molecule has 0 saturated carbocycles. The van der Waals surface area contributed by atoms with E-state index in [4.69, 9.17) is 0 Å². The van der Waals surface area contributed by atoms with E-state index < -0.39 is 0 Å². The lowest BCUT2D eigenvalue weighted by atomic mass is 10.1. The van der Waals surface area contributed by atoms with E-state index in [1.807, 2.05) is 25.2 Å². The Balaban J connectivity index is 2.22. The number of H-pyrrole nitrogens is 1. The Labute approximate surface area is 103 Å². The van der Waals surface area contributed by atoms with Crippen LogP contribution in [0.1, 0.15) is 5.69 Å². The zero-order chi connectivity index (χ0) is 11.4. The quantitative estimate of drug-likeness (QED) is 0.903. The van der Waals surface area contributed by atoms with Crippen LogP contribution < -0.4 is 5.32 Å². The first-order valence-electron chi connectivity index (χ1n) is 5.25. The van der Waals surface area contributed by atoms with Crippen molar-refractivity contribution in [3.63, 3.8) is 0 Å². The van der Waals surface area contributed by atoms with E-state index in [0.29, 0.717) is 0 Å². The van der Waals surface area contributed by atoms with Gasteiger partial charge in [-0.15, -0.1) is 0 Å². The van der Waals surface area contributed by atoms with Crippen LogP contribution in [0, 0.1) is 0 Å². The van der Waals surface area contributed by atoms with Crippen LogP contribution in [0.5, 0.6) is 0 Å². The van der Waals surface area contributed by atoms with Gasteiger partial charge in [-0.25, -0.2) is 0 Å². The zero-order valence-electron chi connectivity index (χ0n) is 9.13. The van der Waals surface area contributed by atoms with Crippen LogP contribution >= 0.6 is 15.9 Å². The molecule has 0 spiro atoms. The standard InChI is InChI=1S/C12H14BrN3/c1-14-7-6-9-8-12(16-15-9)10-4-2-3-5-11(10)13/h2-5,8,14H,6-7H2,1H3,(H,15,16). The van der Waals surface area contributed by atoms with E-state index in [2.05, 4.69) is 43.6 Å². The number of hydrogen-bond acceptors (Lipinski definition) is 2. The molecule has 4 heteroatoms. The summed E-state index contributed by atoms with van der Waals surface area (Å²) in [6, 6.07) is 10.2. The molecule has 0 bridgehead atoms. The predicted octanol–water partition coefficient (Wildman–Crippen LogP) is 2.60. The topological polar surface area (TPSA) is 40.7 Å². The molecule has 0 aliphatic carbocycles. The van der Waals surface area contributed by atoms with Crippen LogP contribution in [-0.2, 0) is 6.42 Å². The monoisotopic (exact) mass is 279 g/mol. The maximum Gasteiger partial charge on any atom is 0.0934 e. The summed E-state index contributed by atoms with van der Waals surface area (Å²) in [4.78, 5) is 0. The molecule has 0 aliphatic rings. The Bertz CT molecular complexity index is 465. The second kappa shape index (κ2) is 5.27. The van der Waals surface area contributed by atoms with Gasteiger partial charge in [-0.2, -0.15) is 5.10 Å². The van der Waals surface area contributed by atoms with Crippen molar-refractivity contribution in [1.82, 2.24) is 15.5 Å². The number of nitrogens with one attached hydrogen (secondary N) is 2. The Morgan fingerprint density at radius 3 is 2.94 bits per heavy atom. The summed E-state index contributed by atoms with van der Waals surface area (Å²) in [7, 11) is 1.95. The number of halogens is 1. The zero-order valence-corrected chi connectivity index (χ0v) is 10.7. The Morgan fingerprint density at radius 1 is 1.38 bits per heavy atom. The van der Waals surface area contributed by atoms with E-state index in [-0.39, 0.29) is 0 Å². The van der Waals surface area contributed by atoms with Gasteiger partial charge in [0.05, 0.1) is 5.69 Å². The molecule has 0 aliphatic heterocycles. The molecule has 1 aromatic carbocycles. The molecule has 1 aromatic heterocycles. The van der Waals surface area contributed by atoms with Crippen molar-refractivity contribution >= 4 is 15.9 Å². The lowest BCUT2D eigenvalue weighted by Crippen LogP contribution is -2.10. The van der Waals surface area contributed by atoms with Crippen LogP contribution in [0.25, 0.3) is 11.3 Å². The Kier molecular flexibility index (Phi) is 3.74. The van der Waals surface area contributed by atoms with E-state index in [9.17, 15) is 0 Å². The summed E-state index contributed by atoms with van der Waals surface area (Å²) < 4.78 is 1.07. The first-order valence-corrected chi connectivity index (χ1v) is 6.04. The first-order chi connectivity index (χ1) is 7.81. The van der Waals surface area contributed by atoms with Crippen LogP contribution in [0.2, 0.25) is 0 Å². The van der Waals surface area contributed by atoms with Crippen LogP contribution in [-0.4, -0.2) is 23.8 Å². The van der Waals surface area contributed by atoms with Gasteiger partial charge in [-0.1, -0.05) is 34.1 Å². The summed E-state index contributed by atoms with van der Waals surface area (Å²) >= 11 is 3.53. The van der Waals surface area contributed by atoms with Crippen molar-refractivity contribution < 1.29 is 0 Å². The number of hydrogen-bond donors (Lipinski definition) is 2. The fourth-order valence-electron chi connectivity index (χ4n) is 1.56. The van der Waals surface area contributed by atoms with E-state index in [0.717, 1.165) is 34.4 Å². The molecule has 0 fully saturated rings. The summed E-state index contributed by atoms with van der Waals surface area (Å²) in [6.07, 6.45) is 0.966. The van der Waals surface area contributed by atoms with Crippen molar-refractivity contribution in [2.75, 3.05) is 13.6 Å². The maximum atomic E-state index is 4.32. The summed E-state index contributed by atoms with van der Waals surface area (Å²) in [5.74, 6) is 0. The smallest absolute Gasteiger partial charge is 0.0934 e. The molecule has 0 unspecified atom stereocenters. The average molecular weight is 280 g/mol. The van der Waals surface area contributed by atoms with Crippen LogP contribution in [0.3, 0.4) is 0 Å². The van der Waals surface area contributed by atoms with Gasteiger partial charge in [-0.05, 0) is 19.2 Å². The highest BCUT2D eigenvalue weighted by Gasteiger charge is 2.06. The molecule has 3 nitrogen and oxygen atoms in total. The minimum Gasteiger partial charge on any atom is -0.319 e. The molecule has 2 N–H and O–H groups in total. The van der Waals surface area contributed by atoms with Crippen LogP contribution in [0.4, 0.5) is 0 Å². The average Bonchev–Trinajstić information content (AvgIpc) is 2.75. The highest BCUT2D eigenvalue weighted by molar-refractivity contribution is 9.10. The van der Waals surface area contributed by atoms with Gasteiger partial charge in [-0.3, -0.25) is 5.10 Å². The number of likely N-dealkylation sites (N-methyl/N-ethyl adjacent to an activating group) is 1. The van der Waals surface area contributed by atoms with Gasteiger partial charge in [0, 0.05) is 28.7 Å². The highest BCUT2D eigenvalue weighted by atomic mass is 79.9.